The molecule has 0 saturated carbocycles. The number of aryl methyl sites for hydroxylation is 1. The highest BCUT2D eigenvalue weighted by atomic mass is 127. The molecular weight excluding hydrogens is 401 g/mol. The summed E-state index contributed by atoms with van der Waals surface area (Å²) in [5, 5.41) is 0.710. The monoisotopic (exact) mass is 417 g/mol. The Morgan fingerprint density at radius 3 is 2.29 bits per heavy atom. The second kappa shape index (κ2) is 6.85. The van der Waals surface area contributed by atoms with Crippen LogP contribution in [0.5, 0.6) is 11.5 Å². The van der Waals surface area contributed by atoms with E-state index in [-0.39, 0.29) is 6.04 Å². The van der Waals surface area contributed by atoms with Crippen molar-refractivity contribution in [3.8, 4) is 11.5 Å². The van der Waals surface area contributed by atoms with E-state index in [4.69, 9.17) is 26.8 Å². The van der Waals surface area contributed by atoms with Gasteiger partial charge in [0.1, 0.15) is 0 Å². The van der Waals surface area contributed by atoms with Crippen molar-refractivity contribution in [2.24, 2.45) is 5.73 Å². The number of rotatable bonds is 4. The highest BCUT2D eigenvalue weighted by molar-refractivity contribution is 14.1. The molecule has 1 atom stereocenters. The van der Waals surface area contributed by atoms with Crippen LogP contribution >= 0.6 is 34.2 Å². The molecule has 112 valence electrons. The van der Waals surface area contributed by atoms with Crippen LogP contribution in [0, 0.1) is 10.5 Å². The summed E-state index contributed by atoms with van der Waals surface area (Å²) < 4.78 is 11.7. The third-order valence-electron chi connectivity index (χ3n) is 3.41. The third-order valence-corrected chi connectivity index (χ3v) is 4.98. The number of nitrogens with two attached hydrogens (primary N) is 1. The van der Waals surface area contributed by atoms with E-state index in [2.05, 4.69) is 22.6 Å². The molecule has 1 unspecified atom stereocenters. The maximum atomic E-state index is 6.39. The Bertz CT molecular complexity index is 661. The maximum absolute atomic E-state index is 6.39. The first-order valence-corrected chi connectivity index (χ1v) is 7.86. The summed E-state index contributed by atoms with van der Waals surface area (Å²) in [4.78, 5) is 0. The van der Waals surface area contributed by atoms with Crippen LogP contribution in [0.25, 0.3) is 0 Å². The van der Waals surface area contributed by atoms with Crippen LogP contribution in [-0.4, -0.2) is 14.2 Å². The molecule has 2 rings (SSSR count). The van der Waals surface area contributed by atoms with Gasteiger partial charge in [-0.15, -0.1) is 0 Å². The molecule has 3 nitrogen and oxygen atoms in total. The lowest BCUT2D eigenvalue weighted by atomic mass is 9.95. The minimum Gasteiger partial charge on any atom is -0.493 e. The van der Waals surface area contributed by atoms with E-state index in [0.29, 0.717) is 16.5 Å². The van der Waals surface area contributed by atoms with Gasteiger partial charge in [0.05, 0.1) is 25.3 Å². The van der Waals surface area contributed by atoms with Gasteiger partial charge in [-0.2, -0.15) is 0 Å². The van der Waals surface area contributed by atoms with Gasteiger partial charge >= 0.3 is 0 Å². The van der Waals surface area contributed by atoms with Crippen molar-refractivity contribution in [3.05, 3.63) is 55.6 Å². The number of methoxy groups -OCH3 is 2. The fourth-order valence-electron chi connectivity index (χ4n) is 2.22. The van der Waals surface area contributed by atoms with E-state index >= 15 is 0 Å². The summed E-state index contributed by atoms with van der Waals surface area (Å²) in [6.07, 6.45) is 0. The van der Waals surface area contributed by atoms with Gasteiger partial charge in [0.2, 0.25) is 0 Å². The van der Waals surface area contributed by atoms with Gasteiger partial charge in [-0.3, -0.25) is 0 Å². The smallest absolute Gasteiger partial charge is 0.161 e. The minimum atomic E-state index is -0.265. The second-order valence-electron chi connectivity index (χ2n) is 4.71. The molecule has 2 aromatic carbocycles. The van der Waals surface area contributed by atoms with Gasteiger partial charge in [-0.25, -0.2) is 0 Å². The molecule has 0 aliphatic rings. The van der Waals surface area contributed by atoms with Gasteiger partial charge in [-0.1, -0.05) is 17.7 Å². The number of hydrogen-bond acceptors (Lipinski definition) is 3. The summed E-state index contributed by atoms with van der Waals surface area (Å²) in [5.74, 6) is 1.37. The molecule has 0 bridgehead atoms. The molecule has 21 heavy (non-hydrogen) atoms. The lowest BCUT2D eigenvalue weighted by Crippen LogP contribution is -2.14. The lowest BCUT2D eigenvalue weighted by Gasteiger charge is -2.18. The average molecular weight is 418 g/mol. The molecule has 0 saturated heterocycles. The van der Waals surface area contributed by atoms with Gasteiger partial charge in [0.15, 0.2) is 11.5 Å². The van der Waals surface area contributed by atoms with Gasteiger partial charge in [0, 0.05) is 3.57 Å². The SMILES string of the molecule is COc1cc(C)c(C(N)c2ccc(I)c(Cl)c2)cc1OC. The van der Waals surface area contributed by atoms with Crippen molar-refractivity contribution < 1.29 is 9.47 Å². The van der Waals surface area contributed by atoms with Crippen molar-refractivity contribution in [2.75, 3.05) is 14.2 Å². The Balaban J connectivity index is 2.47. The zero-order valence-electron chi connectivity index (χ0n) is 12.1. The molecule has 2 N–H and O–H groups in total. The standard InChI is InChI=1S/C16H17ClINO2/c1-9-6-14(20-2)15(21-3)8-11(9)16(19)10-4-5-13(18)12(17)7-10/h4-8,16H,19H2,1-3H3. The molecule has 0 heterocycles. The van der Waals surface area contributed by atoms with E-state index in [9.17, 15) is 0 Å². The van der Waals surface area contributed by atoms with Crippen LogP contribution in [0.1, 0.15) is 22.7 Å². The first-order valence-electron chi connectivity index (χ1n) is 6.41. The number of halogens is 2. The van der Waals surface area contributed by atoms with Crippen LogP contribution in [-0.2, 0) is 0 Å². The van der Waals surface area contributed by atoms with Gasteiger partial charge in [0.25, 0.3) is 0 Å². The van der Waals surface area contributed by atoms with E-state index < -0.39 is 0 Å². The summed E-state index contributed by atoms with van der Waals surface area (Å²) in [6, 6.07) is 9.46. The molecule has 0 aliphatic carbocycles. The summed E-state index contributed by atoms with van der Waals surface area (Å²) >= 11 is 8.38. The summed E-state index contributed by atoms with van der Waals surface area (Å²) in [6.45, 7) is 2.01. The van der Waals surface area contributed by atoms with E-state index in [1.165, 1.54) is 0 Å². The van der Waals surface area contributed by atoms with Crippen molar-refractivity contribution in [1.29, 1.82) is 0 Å². The average Bonchev–Trinajstić information content (AvgIpc) is 2.49. The van der Waals surface area contributed by atoms with Gasteiger partial charge < -0.3 is 15.2 Å². The van der Waals surface area contributed by atoms with Crippen molar-refractivity contribution >= 4 is 34.2 Å². The van der Waals surface area contributed by atoms with E-state index in [0.717, 1.165) is 20.3 Å². The summed E-state index contributed by atoms with van der Waals surface area (Å²) in [5.41, 5.74) is 9.40. The molecule has 0 aromatic heterocycles. The van der Waals surface area contributed by atoms with Gasteiger partial charge in [-0.05, 0) is 70.5 Å². The first kappa shape index (κ1) is 16.4. The normalized spacial score (nSPS) is 12.1. The van der Waals surface area contributed by atoms with Crippen LogP contribution in [0.2, 0.25) is 5.02 Å². The fourth-order valence-corrected chi connectivity index (χ4v) is 2.74. The largest absolute Gasteiger partial charge is 0.493 e. The third kappa shape index (κ3) is 3.44. The maximum Gasteiger partial charge on any atom is 0.161 e. The molecule has 0 spiro atoms. The Morgan fingerprint density at radius 1 is 1.10 bits per heavy atom. The fraction of sp³-hybridized carbons (Fsp3) is 0.250. The highest BCUT2D eigenvalue weighted by Crippen LogP contribution is 2.35. The van der Waals surface area contributed by atoms with Crippen LogP contribution < -0.4 is 15.2 Å². The van der Waals surface area contributed by atoms with E-state index in [1.54, 1.807) is 14.2 Å². The Kier molecular flexibility index (Phi) is 5.35. The topological polar surface area (TPSA) is 44.5 Å². The first-order chi connectivity index (χ1) is 9.97. The quantitative estimate of drug-likeness (QED) is 0.754. The minimum absolute atomic E-state index is 0.265. The molecule has 0 aliphatic heterocycles. The molecule has 0 amide bonds. The zero-order valence-corrected chi connectivity index (χ0v) is 15.0. The molecule has 5 heteroatoms. The predicted octanol–water partition coefficient (Wildman–Crippen LogP) is 4.32. The van der Waals surface area contributed by atoms with Crippen LogP contribution in [0.15, 0.2) is 30.3 Å². The lowest BCUT2D eigenvalue weighted by molar-refractivity contribution is 0.354. The predicted molar refractivity (Wildman–Crippen MR) is 94.5 cm³/mol. The molecule has 0 radical (unpaired) electrons. The van der Waals surface area contributed by atoms with Crippen molar-refractivity contribution in [1.82, 2.24) is 0 Å². The number of hydrogen-bond donors (Lipinski definition) is 1. The Morgan fingerprint density at radius 2 is 1.71 bits per heavy atom. The van der Waals surface area contributed by atoms with Crippen LogP contribution in [0.4, 0.5) is 0 Å². The number of benzene rings is 2. The molecule has 2 aromatic rings. The van der Waals surface area contributed by atoms with E-state index in [1.807, 2.05) is 37.3 Å². The Labute approximate surface area is 143 Å². The number of ether oxygens (including phenoxy) is 2. The van der Waals surface area contributed by atoms with Crippen molar-refractivity contribution in [3.63, 3.8) is 0 Å². The molecule has 0 fully saturated rings. The Hall–Kier alpha value is -0.980. The second-order valence-corrected chi connectivity index (χ2v) is 6.28. The summed E-state index contributed by atoms with van der Waals surface area (Å²) in [7, 11) is 3.24. The highest BCUT2D eigenvalue weighted by Gasteiger charge is 2.16. The van der Waals surface area contributed by atoms with Crippen LogP contribution in [0.3, 0.4) is 0 Å². The molecular formula is C16H17ClINO2. The van der Waals surface area contributed by atoms with Crippen molar-refractivity contribution in [2.45, 2.75) is 13.0 Å². The zero-order chi connectivity index (χ0) is 15.6.